The van der Waals surface area contributed by atoms with Crippen LogP contribution in [0.5, 0.6) is 5.75 Å². The largest absolute Gasteiger partial charge is 0.497 e. The lowest BCUT2D eigenvalue weighted by molar-refractivity contribution is -0.122. The lowest BCUT2D eigenvalue weighted by Gasteiger charge is -2.22. The highest BCUT2D eigenvalue weighted by atomic mass is 79.9. The normalized spacial score (nSPS) is 19.1. The van der Waals surface area contributed by atoms with Gasteiger partial charge in [0.15, 0.2) is 12.4 Å². The van der Waals surface area contributed by atoms with Gasteiger partial charge < -0.3 is 9.47 Å². The van der Waals surface area contributed by atoms with E-state index in [4.69, 9.17) is 26.1 Å². The number of benzene rings is 3. The summed E-state index contributed by atoms with van der Waals surface area (Å²) in [6, 6.07) is 16.8. The molecule has 228 valence electrons. The molecule has 45 heavy (non-hydrogen) atoms. The Morgan fingerprint density at radius 1 is 1.07 bits per heavy atom. The molecule has 0 N–H and O–H groups in total. The van der Waals surface area contributed by atoms with E-state index in [1.165, 1.54) is 12.0 Å². The molecule has 3 unspecified atom stereocenters. The van der Waals surface area contributed by atoms with Crippen LogP contribution in [-0.4, -0.2) is 42.3 Å². The Hall–Kier alpha value is -4.34. The average molecular weight is 688 g/mol. The van der Waals surface area contributed by atoms with Gasteiger partial charge in [0, 0.05) is 21.0 Å². The van der Waals surface area contributed by atoms with Gasteiger partial charge in [-0.15, -0.1) is 0 Å². The van der Waals surface area contributed by atoms with Crippen molar-refractivity contribution in [1.82, 2.24) is 4.98 Å². The molecule has 1 fully saturated rings. The molecule has 0 bridgehead atoms. The maximum Gasteiger partial charge on any atom is 0.339 e. The second-order valence-corrected chi connectivity index (χ2v) is 12.4. The molecule has 0 radical (unpaired) electrons. The van der Waals surface area contributed by atoms with Gasteiger partial charge in [0.05, 0.1) is 46.4 Å². The van der Waals surface area contributed by atoms with Crippen LogP contribution in [0.2, 0.25) is 5.02 Å². The van der Waals surface area contributed by atoms with Crippen LogP contribution in [0.1, 0.15) is 39.6 Å². The molecule has 1 aliphatic carbocycles. The van der Waals surface area contributed by atoms with E-state index in [0.717, 1.165) is 0 Å². The van der Waals surface area contributed by atoms with Crippen LogP contribution < -0.4 is 9.64 Å². The average Bonchev–Trinajstić information content (AvgIpc) is 3.32. The lowest BCUT2D eigenvalue weighted by Crippen LogP contribution is -2.31. The second kappa shape index (κ2) is 12.2. The smallest absolute Gasteiger partial charge is 0.339 e. The number of nitrogens with zero attached hydrogens (tertiary/aromatic N) is 2. The van der Waals surface area contributed by atoms with Gasteiger partial charge in [0.25, 0.3) is 0 Å². The number of methoxy groups -OCH3 is 1. The summed E-state index contributed by atoms with van der Waals surface area (Å²) >= 11 is 9.99. The molecule has 3 atom stereocenters. The number of anilines is 1. The number of Topliss-reactive ketones (excluding diaryl/α,β-unsaturated/α-hetero) is 1. The van der Waals surface area contributed by atoms with E-state index >= 15 is 0 Å². The van der Waals surface area contributed by atoms with Gasteiger partial charge in [-0.1, -0.05) is 54.9 Å². The number of ether oxygens (including phenoxy) is 2. The van der Waals surface area contributed by atoms with Crippen LogP contribution in [-0.2, 0) is 14.3 Å². The summed E-state index contributed by atoms with van der Waals surface area (Å²) < 4.78 is 11.3. The fraction of sp³-hybridized carbons (Fsp3) is 0.229. The highest BCUT2D eigenvalue weighted by Crippen LogP contribution is 2.41. The van der Waals surface area contributed by atoms with Gasteiger partial charge in [-0.25, -0.2) is 9.78 Å². The van der Waals surface area contributed by atoms with Crippen LogP contribution >= 0.6 is 27.5 Å². The Labute approximate surface area is 273 Å². The topological polar surface area (TPSA) is 103 Å². The highest BCUT2D eigenvalue weighted by Gasteiger charge is 2.50. The summed E-state index contributed by atoms with van der Waals surface area (Å²) in [6.45, 7) is 3.29. The van der Waals surface area contributed by atoms with Gasteiger partial charge in [-0.2, -0.15) is 0 Å². The minimum Gasteiger partial charge on any atom is -0.497 e. The van der Waals surface area contributed by atoms with Crippen molar-refractivity contribution in [3.63, 3.8) is 0 Å². The van der Waals surface area contributed by atoms with Gasteiger partial charge in [-0.3, -0.25) is 19.3 Å². The SMILES string of the molecule is COc1cccc(C(=O)COC(=O)c2cc(-c3ccc(N4C(=O)C5CC=CC(C)C5C4=O)cc3)nc3c(C)c(Cl)c(Br)cc23)c1. The van der Waals surface area contributed by atoms with Gasteiger partial charge >= 0.3 is 5.97 Å². The molecule has 1 aliphatic heterocycles. The minimum absolute atomic E-state index is 0.00892. The van der Waals surface area contributed by atoms with Crippen molar-refractivity contribution in [3.05, 3.63) is 99.0 Å². The predicted octanol–water partition coefficient (Wildman–Crippen LogP) is 7.38. The Kier molecular flexibility index (Phi) is 8.33. The molecule has 4 aromatic rings. The molecule has 2 amide bonds. The molecular formula is C35H28BrClN2O6. The summed E-state index contributed by atoms with van der Waals surface area (Å²) in [5.41, 5.74) is 3.28. The highest BCUT2D eigenvalue weighted by molar-refractivity contribution is 9.10. The predicted molar refractivity (Wildman–Crippen MR) is 175 cm³/mol. The third kappa shape index (κ3) is 5.55. The summed E-state index contributed by atoms with van der Waals surface area (Å²) in [5.74, 6) is -1.67. The Morgan fingerprint density at radius 2 is 1.82 bits per heavy atom. The number of aryl methyl sites for hydroxylation is 1. The number of ketones is 1. The number of carbonyl (C=O) groups excluding carboxylic acids is 4. The van der Waals surface area contributed by atoms with Crippen molar-refractivity contribution < 1.29 is 28.7 Å². The number of amides is 2. The summed E-state index contributed by atoms with van der Waals surface area (Å²) in [4.78, 5) is 58.9. The number of carbonyl (C=O) groups is 4. The standard InChI is InChI=1S/C35H28BrClN2O6/c1-18-6-4-9-24-30(18)34(42)39(33(24)41)22-12-10-20(11-13-22)28-16-26(25-15-27(36)31(37)19(2)32(25)38-28)35(43)45-17-29(40)21-7-5-8-23(14-21)44-3/h4-8,10-16,18,24,30H,9,17H2,1-3H3. The van der Waals surface area contributed by atoms with Crippen molar-refractivity contribution in [3.8, 4) is 17.0 Å². The molecule has 6 rings (SSSR count). The first-order valence-electron chi connectivity index (χ1n) is 14.4. The molecule has 0 saturated carbocycles. The monoisotopic (exact) mass is 686 g/mol. The number of esters is 1. The number of pyridine rings is 1. The maximum atomic E-state index is 13.5. The minimum atomic E-state index is -0.705. The van der Waals surface area contributed by atoms with Crippen molar-refractivity contribution in [2.24, 2.45) is 17.8 Å². The van der Waals surface area contributed by atoms with E-state index in [0.29, 0.717) is 60.6 Å². The maximum absolute atomic E-state index is 13.5. The molecule has 1 aromatic heterocycles. The van der Waals surface area contributed by atoms with Crippen molar-refractivity contribution >= 4 is 67.7 Å². The first-order valence-corrected chi connectivity index (χ1v) is 15.5. The third-order valence-electron chi connectivity index (χ3n) is 8.46. The van der Waals surface area contributed by atoms with E-state index in [1.54, 1.807) is 67.6 Å². The summed E-state index contributed by atoms with van der Waals surface area (Å²) in [6.07, 6.45) is 4.52. The molecule has 3 aromatic carbocycles. The zero-order valence-corrected chi connectivity index (χ0v) is 27.0. The van der Waals surface area contributed by atoms with E-state index in [9.17, 15) is 19.2 Å². The Balaban J connectivity index is 1.32. The summed E-state index contributed by atoms with van der Waals surface area (Å²) in [5, 5.41) is 0.952. The zero-order valence-electron chi connectivity index (χ0n) is 24.7. The first kappa shape index (κ1) is 30.7. The Bertz CT molecular complexity index is 1920. The molecule has 0 spiro atoms. The van der Waals surface area contributed by atoms with Crippen molar-refractivity contribution in [1.29, 1.82) is 0 Å². The Morgan fingerprint density at radius 3 is 2.53 bits per heavy atom. The summed E-state index contributed by atoms with van der Waals surface area (Å²) in [7, 11) is 1.50. The third-order valence-corrected chi connectivity index (χ3v) is 9.80. The molecule has 1 saturated heterocycles. The van der Waals surface area contributed by atoms with E-state index < -0.39 is 12.6 Å². The molecule has 8 nitrogen and oxygen atoms in total. The van der Waals surface area contributed by atoms with Crippen LogP contribution in [0.25, 0.3) is 22.2 Å². The number of hydrogen-bond acceptors (Lipinski definition) is 7. The number of aromatic nitrogens is 1. The fourth-order valence-corrected chi connectivity index (χ4v) is 6.72. The van der Waals surface area contributed by atoms with Crippen LogP contribution in [0.15, 0.2) is 77.3 Å². The van der Waals surface area contributed by atoms with E-state index in [2.05, 4.69) is 15.9 Å². The fourth-order valence-electron chi connectivity index (χ4n) is 6.05. The van der Waals surface area contributed by atoms with Crippen LogP contribution in [0, 0.1) is 24.7 Å². The number of rotatable bonds is 7. The van der Waals surface area contributed by atoms with Crippen LogP contribution in [0.4, 0.5) is 5.69 Å². The second-order valence-electron chi connectivity index (χ2n) is 11.2. The molecule has 2 aliphatic rings. The van der Waals surface area contributed by atoms with Crippen LogP contribution in [0.3, 0.4) is 0 Å². The van der Waals surface area contributed by atoms with Gasteiger partial charge in [-0.05, 0) is 77.2 Å². The number of fused-ring (bicyclic) bond motifs is 2. The quantitative estimate of drug-likeness (QED) is 0.0865. The lowest BCUT2D eigenvalue weighted by atomic mass is 9.78. The zero-order chi connectivity index (χ0) is 32.0. The molecular weight excluding hydrogens is 660 g/mol. The first-order chi connectivity index (χ1) is 21.6. The molecule has 10 heteroatoms. The number of hydrogen-bond donors (Lipinski definition) is 0. The number of halogens is 2. The number of imide groups is 1. The number of allylic oxidation sites excluding steroid dienone is 2. The van der Waals surface area contributed by atoms with Gasteiger partial charge in [0.2, 0.25) is 11.8 Å². The van der Waals surface area contributed by atoms with Crippen molar-refractivity contribution in [2.75, 3.05) is 18.6 Å². The van der Waals surface area contributed by atoms with E-state index in [1.807, 2.05) is 19.1 Å². The van der Waals surface area contributed by atoms with Crippen molar-refractivity contribution in [2.45, 2.75) is 20.3 Å². The van der Waals surface area contributed by atoms with Gasteiger partial charge in [0.1, 0.15) is 5.75 Å². The van der Waals surface area contributed by atoms with E-state index in [-0.39, 0.29) is 40.9 Å². The molecule has 2 heterocycles.